The number of hydrogen-bond acceptors (Lipinski definition) is 21. The van der Waals surface area contributed by atoms with Gasteiger partial charge in [-0.3, -0.25) is 73.1 Å². The van der Waals surface area contributed by atoms with Gasteiger partial charge in [-0.2, -0.15) is 0 Å². The zero-order valence-corrected chi connectivity index (χ0v) is 68.2. The van der Waals surface area contributed by atoms with Crippen molar-refractivity contribution in [3.05, 3.63) is 108 Å². The molecule has 5 aromatic rings. The molecule has 3 aromatic carbocycles. The number of unbranched alkanes of at least 4 members (excludes halogenated alkanes) is 3. The van der Waals surface area contributed by atoms with Crippen molar-refractivity contribution >= 4 is 117 Å². The summed E-state index contributed by atoms with van der Waals surface area (Å²) in [7, 11) is 0. The number of aromatic nitrogens is 2. The summed E-state index contributed by atoms with van der Waals surface area (Å²) in [6, 6.07) is 5.42. The van der Waals surface area contributed by atoms with E-state index in [0.717, 1.165) is 12.5 Å². The Kier molecular flexibility index (Phi) is 44.3. The second kappa shape index (κ2) is 53.2. The van der Waals surface area contributed by atoms with Crippen LogP contribution in [0.1, 0.15) is 141 Å². The van der Waals surface area contributed by atoms with E-state index in [2.05, 4.69) is 79.1 Å². The molecule has 41 heteroatoms. The number of fused-ring (bicyclic) bond motifs is 2. The van der Waals surface area contributed by atoms with E-state index in [1.54, 1.807) is 99.0 Å². The molecule has 0 spiro atoms. The van der Waals surface area contributed by atoms with Crippen LogP contribution in [0.4, 0.5) is 0 Å². The summed E-state index contributed by atoms with van der Waals surface area (Å²) >= 11 is 0. The molecule has 2 aromatic heterocycles. The van der Waals surface area contributed by atoms with E-state index in [1.807, 2.05) is 6.07 Å². The highest BCUT2D eigenvalue weighted by atomic mass is 16.4. The Morgan fingerprint density at radius 3 is 1.14 bits per heavy atom. The normalized spacial score (nSPS) is 14.1. The minimum absolute atomic E-state index is 0.00729. The topological polar surface area (TPSA) is 717 Å². The van der Waals surface area contributed by atoms with Crippen molar-refractivity contribution in [2.75, 3.05) is 39.3 Å². The number of carboxylic acid groups (broad SMARTS) is 2. The first kappa shape index (κ1) is 100. The molecule has 120 heavy (non-hydrogen) atoms. The van der Waals surface area contributed by atoms with E-state index in [-0.39, 0.29) is 134 Å². The average Bonchev–Trinajstić information content (AvgIpc) is 1.70. The van der Waals surface area contributed by atoms with Crippen LogP contribution >= 0.6 is 0 Å². The number of carboxylic acids is 2. The Morgan fingerprint density at radius 2 is 0.733 bits per heavy atom. The first-order valence-corrected chi connectivity index (χ1v) is 39.9. The van der Waals surface area contributed by atoms with Crippen LogP contribution in [0.15, 0.2) is 91.3 Å². The van der Waals surface area contributed by atoms with Gasteiger partial charge in [0.2, 0.25) is 70.9 Å². The number of primary amides is 1. The smallest absolute Gasteiger partial charge is 0.326 e. The summed E-state index contributed by atoms with van der Waals surface area (Å²) < 4.78 is 0. The maximum atomic E-state index is 15.1. The number of benzene rings is 3. The molecule has 0 aliphatic carbocycles. The van der Waals surface area contributed by atoms with Crippen LogP contribution < -0.4 is 109 Å². The highest BCUT2D eigenvalue weighted by molar-refractivity contribution is 6.01. The molecule has 0 unspecified atom stereocenters. The lowest BCUT2D eigenvalue weighted by atomic mass is 10.0. The first-order valence-electron chi connectivity index (χ1n) is 39.9. The maximum Gasteiger partial charge on any atom is 0.326 e. The lowest BCUT2D eigenvalue weighted by Gasteiger charge is -2.28. The number of H-pyrrole nitrogens is 2. The number of aliphatic hydroxyl groups excluding tert-OH is 1. The second-order valence-electron chi connectivity index (χ2n) is 29.4. The summed E-state index contributed by atoms with van der Waals surface area (Å²) in [5, 5.41) is 77.5. The van der Waals surface area contributed by atoms with Crippen LogP contribution in [-0.2, 0) is 86.4 Å². The zero-order valence-electron chi connectivity index (χ0n) is 68.2. The molecule has 0 aliphatic rings. The SMILES string of the molecule is CC(=O)O.CC(C)C[C@H](NC(=O)[C@H](C)NC(=O)[C@H](Cc1c[nH]c2ccccc12)NC(=O)[C@H](CCCCN)NC(=O)[C@H](CC(N)=O)NC(=O)[C@H](Cc1c[nH]c2ccccc12)NC(=O)[C@H](CCCCN)NC(=O)[C@H](CCCCN)NC(=O)[C@H](CCCNC(=N)N)NC(=O)[C@@H](N)Cc1ccccc1)C(=O)N[C@@H](CO)C(=O)N[C@@H](CCCNC(=N)N)C(=O)O. The molecule has 0 bridgehead atoms. The fourth-order valence-electron chi connectivity index (χ4n) is 12.7. The molecule has 0 radical (unpaired) electrons. The number of para-hydroxylation sites is 2. The van der Waals surface area contributed by atoms with Gasteiger partial charge in [-0.15, -0.1) is 0 Å². The number of aliphatic hydroxyl groups is 1. The predicted molar refractivity (Wildman–Crippen MR) is 447 cm³/mol. The van der Waals surface area contributed by atoms with Gasteiger partial charge in [0, 0.05) is 67.1 Å². The highest BCUT2D eigenvalue weighted by Gasteiger charge is 2.38. The van der Waals surface area contributed by atoms with Gasteiger partial charge < -0.3 is 135 Å². The van der Waals surface area contributed by atoms with Crippen LogP contribution in [0.25, 0.3) is 21.8 Å². The summed E-state index contributed by atoms with van der Waals surface area (Å²) in [4.78, 5) is 199. The first-order chi connectivity index (χ1) is 57.1. The molecule has 12 atom stereocenters. The van der Waals surface area contributed by atoms with Gasteiger partial charge in [-0.05, 0) is 158 Å². The van der Waals surface area contributed by atoms with Crippen molar-refractivity contribution in [3.8, 4) is 0 Å². The van der Waals surface area contributed by atoms with Crippen LogP contribution in [0, 0.1) is 16.7 Å². The zero-order chi connectivity index (χ0) is 89.0. The minimum atomic E-state index is -1.86. The molecule has 0 saturated heterocycles. The van der Waals surface area contributed by atoms with Gasteiger partial charge in [-0.1, -0.05) is 80.6 Å². The van der Waals surface area contributed by atoms with Gasteiger partial charge in [0.05, 0.1) is 19.1 Å². The van der Waals surface area contributed by atoms with Gasteiger partial charge in [0.1, 0.15) is 66.5 Å². The largest absolute Gasteiger partial charge is 0.481 e. The van der Waals surface area contributed by atoms with Gasteiger partial charge in [0.25, 0.3) is 5.97 Å². The van der Waals surface area contributed by atoms with Crippen LogP contribution in [0.3, 0.4) is 0 Å². The lowest BCUT2D eigenvalue weighted by Crippen LogP contribution is -2.61. The summed E-state index contributed by atoms with van der Waals surface area (Å²) in [6.45, 7) is 5.68. The minimum Gasteiger partial charge on any atom is -0.481 e. The summed E-state index contributed by atoms with van der Waals surface area (Å²) in [5.41, 5.74) is 43.7. The molecule has 0 saturated carbocycles. The van der Waals surface area contributed by atoms with E-state index in [0.29, 0.717) is 58.6 Å². The third-order valence-electron chi connectivity index (χ3n) is 19.0. The summed E-state index contributed by atoms with van der Waals surface area (Å²) in [5.74, 6) is -14.4. The van der Waals surface area contributed by atoms with Crippen LogP contribution in [0.5, 0.6) is 0 Å². The molecule has 34 N–H and O–H groups in total. The molecule has 41 nitrogen and oxygen atoms in total. The van der Waals surface area contributed by atoms with E-state index in [4.69, 9.17) is 60.9 Å². The average molecular weight is 1680 g/mol. The Balaban J connectivity index is 0.00000739. The number of nitrogens with one attached hydrogen (secondary N) is 17. The number of aliphatic carboxylic acids is 2. The van der Waals surface area contributed by atoms with Crippen molar-refractivity contribution in [2.45, 2.75) is 216 Å². The number of carbonyl (C=O) groups excluding carboxylic acids is 12. The molecule has 2 heterocycles. The Bertz CT molecular complexity index is 4220. The van der Waals surface area contributed by atoms with E-state index < -0.39 is 168 Å². The van der Waals surface area contributed by atoms with Gasteiger partial charge in [-0.25, -0.2) is 4.79 Å². The molecule has 12 amide bonds. The third-order valence-corrected chi connectivity index (χ3v) is 19.0. The Morgan fingerprint density at radius 1 is 0.400 bits per heavy atom. The molecule has 0 aliphatic heterocycles. The molecule has 5 rings (SSSR count). The van der Waals surface area contributed by atoms with E-state index >= 15 is 9.59 Å². The third kappa shape index (κ3) is 36.3. The number of guanidine groups is 2. The fraction of sp³-hybridized carbons (Fsp3) is 0.519. The number of amides is 12. The van der Waals surface area contributed by atoms with Crippen molar-refractivity contribution in [2.24, 2.45) is 46.1 Å². The Hall–Kier alpha value is -12.3. The number of nitrogens with two attached hydrogens (primary N) is 7. The Labute approximate surface area is 695 Å². The summed E-state index contributed by atoms with van der Waals surface area (Å²) in [6.07, 6.45) is 3.95. The number of carbonyl (C=O) groups is 14. The van der Waals surface area contributed by atoms with E-state index in [9.17, 15) is 63.0 Å². The fourth-order valence-corrected chi connectivity index (χ4v) is 12.7. The molecular weight excluding hydrogens is 1560 g/mol. The van der Waals surface area contributed by atoms with E-state index in [1.165, 1.54) is 6.92 Å². The van der Waals surface area contributed by atoms with Crippen LogP contribution in [0.2, 0.25) is 0 Å². The number of rotatable bonds is 54. The predicted octanol–water partition coefficient (Wildman–Crippen LogP) is -3.64. The molecule has 0 fully saturated rings. The number of hydrogen-bond donors (Lipinski definition) is 27. The molecular formula is C79H122N24O17. The van der Waals surface area contributed by atoms with Crippen molar-refractivity contribution in [1.82, 2.24) is 79.1 Å². The van der Waals surface area contributed by atoms with Crippen molar-refractivity contribution < 1.29 is 82.4 Å². The highest BCUT2D eigenvalue weighted by Crippen LogP contribution is 2.22. The molecule has 660 valence electrons. The standard InChI is InChI=1S/C77H118N24O15.C2H4O2/c1-43(2)35-58(71(111)101-62(42-102)74(114)96-57(75(115)116)29-18-34-88-77(85)86)97-64(104)44(3)91-70(110)59(37-46-40-89-51-23-9-7-21-48(46)51)98-69(109)55(27-13-16-32-80)95-73(113)61(39-63(82)103)100-72(112)60(38-47-41-90-52-24-10-8-22-49(47)52)99-68(108)54(26-12-15-31-79)94-66(106)53(25-11-14-30-78)93-67(107)56(28-17-33-87-76(83)84)92-65(105)50(81)36-45-19-5-4-6-20-45;1-2(3)4/h4-10,19-24,40-41,43-44,50,53-62,89-90,102H,11-18,25-39,42,78-81H2,1-3H3,(H2,82,103)(H,91,110)(H,92,105)(H,93,107)(H,94,106)(H,95,113)(H,96,114)(H,97,104)(H,98,109)(H,99,108)(H,100,112)(H,101,111)(H,115,116)(H4,83,84,87)(H4,85,86,88);1H3,(H,3,4)/t44-,50-,53-,54-,55-,56-,57-,58-,59-,60-,61-,62-;/m0./s1. The second-order valence-corrected chi connectivity index (χ2v) is 29.4. The monoisotopic (exact) mass is 1680 g/mol. The van der Waals surface area contributed by atoms with Crippen molar-refractivity contribution in [3.63, 3.8) is 0 Å². The van der Waals surface area contributed by atoms with Gasteiger partial charge in [0.15, 0.2) is 11.9 Å². The van der Waals surface area contributed by atoms with Gasteiger partial charge >= 0.3 is 5.97 Å². The van der Waals surface area contributed by atoms with Crippen molar-refractivity contribution in [1.29, 1.82) is 10.8 Å². The maximum absolute atomic E-state index is 15.1. The lowest BCUT2D eigenvalue weighted by molar-refractivity contribution is -0.143. The van der Waals surface area contributed by atoms with Crippen LogP contribution in [-0.4, -0.2) is 232 Å². The number of aromatic amines is 2. The quantitative estimate of drug-likeness (QED) is 0.0101.